The van der Waals surface area contributed by atoms with E-state index in [1.165, 1.54) is 23.7 Å². The Labute approximate surface area is 143 Å². The van der Waals surface area contributed by atoms with E-state index >= 15 is 0 Å². The van der Waals surface area contributed by atoms with Crippen molar-refractivity contribution >= 4 is 22.8 Å². The summed E-state index contributed by atoms with van der Waals surface area (Å²) in [5.41, 5.74) is 0.0768. The zero-order chi connectivity index (χ0) is 17.7. The molecule has 1 aliphatic carbocycles. The number of furan rings is 1. The number of anilines is 1. The number of hydrogen-bond donors (Lipinski definition) is 1. The number of carbonyl (C=O) groups excluding carboxylic acids is 1. The molecular formula is C17H19N5O3. The Hall–Kier alpha value is -2.90. The molecule has 0 bridgehead atoms. The van der Waals surface area contributed by atoms with Gasteiger partial charge < -0.3 is 14.3 Å². The van der Waals surface area contributed by atoms with Crippen molar-refractivity contribution in [1.82, 2.24) is 19.3 Å². The van der Waals surface area contributed by atoms with E-state index in [1.54, 1.807) is 26.2 Å². The van der Waals surface area contributed by atoms with Crippen LogP contribution in [0.15, 0.2) is 27.8 Å². The lowest BCUT2D eigenvalue weighted by Gasteiger charge is -2.15. The smallest absolute Gasteiger partial charge is 0.265 e. The summed E-state index contributed by atoms with van der Waals surface area (Å²) in [4.78, 5) is 29.3. The maximum atomic E-state index is 12.8. The predicted molar refractivity (Wildman–Crippen MR) is 91.6 cm³/mol. The lowest BCUT2D eigenvalue weighted by Crippen LogP contribution is -2.22. The average Bonchev–Trinajstić information content (AvgIpc) is 3.23. The van der Waals surface area contributed by atoms with Crippen LogP contribution < -0.4 is 10.9 Å². The van der Waals surface area contributed by atoms with Crippen molar-refractivity contribution in [3.8, 4) is 0 Å². The van der Waals surface area contributed by atoms with Crippen LogP contribution in [0.5, 0.6) is 0 Å². The third-order valence-corrected chi connectivity index (χ3v) is 4.78. The van der Waals surface area contributed by atoms with Gasteiger partial charge >= 0.3 is 0 Å². The van der Waals surface area contributed by atoms with Crippen LogP contribution in [-0.2, 0) is 7.05 Å². The maximum absolute atomic E-state index is 12.8. The molecular weight excluding hydrogens is 322 g/mol. The molecule has 0 radical (unpaired) electrons. The molecule has 1 unspecified atom stereocenters. The van der Waals surface area contributed by atoms with E-state index in [2.05, 4.69) is 22.3 Å². The number of fused-ring (bicyclic) bond motifs is 1. The molecule has 1 N–H and O–H groups in total. The van der Waals surface area contributed by atoms with Gasteiger partial charge in [-0.1, -0.05) is 0 Å². The molecule has 0 saturated heterocycles. The molecule has 3 aromatic heterocycles. The number of carbonyl (C=O) groups is 1. The van der Waals surface area contributed by atoms with Crippen LogP contribution in [-0.4, -0.2) is 25.2 Å². The van der Waals surface area contributed by atoms with E-state index in [4.69, 9.17) is 4.42 Å². The van der Waals surface area contributed by atoms with Crippen LogP contribution in [0.3, 0.4) is 0 Å². The van der Waals surface area contributed by atoms with Gasteiger partial charge in [-0.05, 0) is 32.6 Å². The molecule has 8 nitrogen and oxygen atoms in total. The standard InChI is InChI=1S/C17H19N5O3/c1-9(11-4-5-11)22-12(6-7-19-22)20-15(23)13-10(2)25-16-14(13)17(24)21(3)8-18-16/h6-9,11H,4-5H2,1-3H3,(H,20,23). The van der Waals surface area contributed by atoms with E-state index in [1.807, 2.05) is 4.68 Å². The largest absolute Gasteiger partial charge is 0.442 e. The van der Waals surface area contributed by atoms with Gasteiger partial charge in [0.1, 0.15) is 23.3 Å². The number of hydrogen-bond acceptors (Lipinski definition) is 5. The van der Waals surface area contributed by atoms with Gasteiger partial charge in [-0.25, -0.2) is 9.67 Å². The number of aryl methyl sites for hydroxylation is 2. The Kier molecular flexibility index (Phi) is 3.48. The molecule has 3 heterocycles. The minimum atomic E-state index is -0.397. The highest BCUT2D eigenvalue weighted by atomic mass is 16.3. The third-order valence-electron chi connectivity index (χ3n) is 4.78. The van der Waals surface area contributed by atoms with Gasteiger partial charge in [-0.3, -0.25) is 9.59 Å². The van der Waals surface area contributed by atoms with E-state index in [0.717, 1.165) is 0 Å². The van der Waals surface area contributed by atoms with Crippen LogP contribution in [0.1, 0.15) is 41.9 Å². The van der Waals surface area contributed by atoms with Crippen LogP contribution in [0.4, 0.5) is 5.82 Å². The molecule has 1 amide bonds. The van der Waals surface area contributed by atoms with Crippen molar-refractivity contribution in [2.75, 3.05) is 5.32 Å². The van der Waals surface area contributed by atoms with Crippen molar-refractivity contribution in [3.63, 3.8) is 0 Å². The lowest BCUT2D eigenvalue weighted by atomic mass is 10.1. The molecule has 0 aromatic carbocycles. The van der Waals surface area contributed by atoms with Gasteiger partial charge in [0.15, 0.2) is 0 Å². The summed E-state index contributed by atoms with van der Waals surface area (Å²) in [5.74, 6) is 1.18. The Morgan fingerprint density at radius 3 is 2.92 bits per heavy atom. The second-order valence-corrected chi connectivity index (χ2v) is 6.57. The van der Waals surface area contributed by atoms with Crippen LogP contribution >= 0.6 is 0 Å². The van der Waals surface area contributed by atoms with Gasteiger partial charge in [-0.2, -0.15) is 5.10 Å². The average molecular weight is 341 g/mol. The van der Waals surface area contributed by atoms with Gasteiger partial charge in [0, 0.05) is 13.1 Å². The van der Waals surface area contributed by atoms with Crippen molar-refractivity contribution in [2.24, 2.45) is 13.0 Å². The topological polar surface area (TPSA) is 94.9 Å². The monoisotopic (exact) mass is 341 g/mol. The van der Waals surface area contributed by atoms with Crippen molar-refractivity contribution in [1.29, 1.82) is 0 Å². The van der Waals surface area contributed by atoms with Gasteiger partial charge in [-0.15, -0.1) is 0 Å². The summed E-state index contributed by atoms with van der Waals surface area (Å²) in [6, 6.07) is 1.98. The quantitative estimate of drug-likeness (QED) is 0.785. The second-order valence-electron chi connectivity index (χ2n) is 6.57. The highest BCUT2D eigenvalue weighted by molar-refractivity contribution is 6.12. The van der Waals surface area contributed by atoms with Gasteiger partial charge in [0.2, 0.25) is 5.71 Å². The molecule has 1 saturated carbocycles. The molecule has 8 heteroatoms. The minimum Gasteiger partial charge on any atom is -0.442 e. The summed E-state index contributed by atoms with van der Waals surface area (Å²) in [6.45, 7) is 3.75. The molecule has 130 valence electrons. The molecule has 4 rings (SSSR count). The van der Waals surface area contributed by atoms with Crippen molar-refractivity contribution < 1.29 is 9.21 Å². The molecule has 3 aromatic rings. The summed E-state index contributed by atoms with van der Waals surface area (Å²) in [6.07, 6.45) is 5.40. The summed E-state index contributed by atoms with van der Waals surface area (Å²) < 4.78 is 8.64. The van der Waals surface area contributed by atoms with Gasteiger partial charge in [0.05, 0.1) is 17.8 Å². The van der Waals surface area contributed by atoms with E-state index in [-0.39, 0.29) is 28.3 Å². The first-order valence-electron chi connectivity index (χ1n) is 8.27. The maximum Gasteiger partial charge on any atom is 0.265 e. The fourth-order valence-electron chi connectivity index (χ4n) is 3.16. The Morgan fingerprint density at radius 1 is 1.44 bits per heavy atom. The first-order chi connectivity index (χ1) is 12.0. The van der Waals surface area contributed by atoms with Gasteiger partial charge in [0.25, 0.3) is 11.5 Å². The second kappa shape index (κ2) is 5.58. The number of nitrogens with one attached hydrogen (secondary N) is 1. The normalized spacial score (nSPS) is 15.5. The zero-order valence-corrected chi connectivity index (χ0v) is 14.3. The Balaban J connectivity index is 1.72. The molecule has 0 spiro atoms. The molecule has 1 fully saturated rings. The van der Waals surface area contributed by atoms with E-state index in [9.17, 15) is 9.59 Å². The van der Waals surface area contributed by atoms with Crippen LogP contribution in [0.25, 0.3) is 11.1 Å². The molecule has 0 aliphatic heterocycles. The Bertz CT molecular complexity index is 1020. The van der Waals surface area contributed by atoms with Crippen LogP contribution in [0.2, 0.25) is 0 Å². The van der Waals surface area contributed by atoms with E-state index < -0.39 is 5.91 Å². The third kappa shape index (κ3) is 2.54. The number of nitrogens with zero attached hydrogens (tertiary/aromatic N) is 4. The molecule has 25 heavy (non-hydrogen) atoms. The van der Waals surface area contributed by atoms with Crippen molar-refractivity contribution in [2.45, 2.75) is 32.7 Å². The highest BCUT2D eigenvalue weighted by Crippen LogP contribution is 2.40. The highest BCUT2D eigenvalue weighted by Gasteiger charge is 2.31. The number of aromatic nitrogens is 4. The fraction of sp³-hybridized carbons (Fsp3) is 0.412. The van der Waals surface area contributed by atoms with Crippen molar-refractivity contribution in [3.05, 3.63) is 40.3 Å². The first-order valence-corrected chi connectivity index (χ1v) is 8.27. The number of rotatable bonds is 4. The number of amides is 1. The van der Waals surface area contributed by atoms with E-state index in [0.29, 0.717) is 17.5 Å². The summed E-state index contributed by atoms with van der Waals surface area (Å²) >= 11 is 0. The summed E-state index contributed by atoms with van der Waals surface area (Å²) in [5, 5.41) is 7.39. The molecule has 1 atom stereocenters. The lowest BCUT2D eigenvalue weighted by molar-refractivity contribution is 0.102. The summed E-state index contributed by atoms with van der Waals surface area (Å²) in [7, 11) is 1.59. The molecule has 1 aliphatic rings. The van der Waals surface area contributed by atoms with Crippen LogP contribution in [0, 0.1) is 12.8 Å². The fourth-order valence-corrected chi connectivity index (χ4v) is 3.16. The SMILES string of the molecule is Cc1oc2ncn(C)c(=O)c2c1C(=O)Nc1ccnn1C(C)C1CC1. The zero-order valence-electron chi connectivity index (χ0n) is 14.3. The Morgan fingerprint density at radius 2 is 2.20 bits per heavy atom. The predicted octanol–water partition coefficient (Wildman–Crippen LogP) is 2.25. The minimum absolute atomic E-state index is 0.172. The first kappa shape index (κ1) is 15.6.